The summed E-state index contributed by atoms with van der Waals surface area (Å²) in [6.45, 7) is 0.936. The Bertz CT molecular complexity index is 306. The predicted octanol–water partition coefficient (Wildman–Crippen LogP) is 0.772. The van der Waals surface area contributed by atoms with E-state index in [0.717, 1.165) is 25.1 Å². The van der Waals surface area contributed by atoms with Gasteiger partial charge in [-0.25, -0.2) is 0 Å². The summed E-state index contributed by atoms with van der Waals surface area (Å²) in [6, 6.07) is 3.60. The molecule has 14 heavy (non-hydrogen) atoms. The van der Waals surface area contributed by atoms with Gasteiger partial charge in [0.25, 0.3) is 0 Å². The number of amides is 1. The number of carbonyl (C=O) groups is 1. The topological polar surface area (TPSA) is 54.0 Å². The van der Waals surface area contributed by atoms with E-state index in [1.165, 1.54) is 0 Å². The molecule has 2 N–H and O–H groups in total. The Kier molecular flexibility index (Phi) is 2.74. The first-order valence-electron chi connectivity index (χ1n) is 4.80. The third-order valence-electron chi connectivity index (χ3n) is 2.31. The van der Waals surface area contributed by atoms with Crippen molar-refractivity contribution < 1.29 is 4.79 Å². The molecule has 4 heteroatoms. The first-order valence-corrected chi connectivity index (χ1v) is 4.80. The maximum Gasteiger partial charge on any atom is 0.241 e. The number of hydrogen-bond donors (Lipinski definition) is 2. The molecule has 0 aliphatic carbocycles. The van der Waals surface area contributed by atoms with E-state index in [-0.39, 0.29) is 11.9 Å². The van der Waals surface area contributed by atoms with E-state index in [2.05, 4.69) is 15.6 Å². The second-order valence-electron chi connectivity index (χ2n) is 3.38. The van der Waals surface area contributed by atoms with E-state index in [9.17, 15) is 4.79 Å². The number of aromatic nitrogens is 1. The normalized spacial score (nSPS) is 20.7. The van der Waals surface area contributed by atoms with E-state index in [0.29, 0.717) is 0 Å². The summed E-state index contributed by atoms with van der Waals surface area (Å²) in [5, 5.41) is 5.96. The second-order valence-corrected chi connectivity index (χ2v) is 3.38. The van der Waals surface area contributed by atoms with Crippen LogP contribution in [0, 0.1) is 0 Å². The average molecular weight is 191 g/mol. The Morgan fingerprint density at radius 3 is 3.21 bits per heavy atom. The number of pyridine rings is 1. The van der Waals surface area contributed by atoms with Crippen LogP contribution in [0.25, 0.3) is 0 Å². The van der Waals surface area contributed by atoms with Crippen molar-refractivity contribution in [3.63, 3.8) is 0 Å². The molecule has 1 aliphatic heterocycles. The van der Waals surface area contributed by atoms with Crippen LogP contribution in [0.15, 0.2) is 24.5 Å². The summed E-state index contributed by atoms with van der Waals surface area (Å²) in [5.74, 6) is 0.0375. The van der Waals surface area contributed by atoms with E-state index in [4.69, 9.17) is 0 Å². The molecule has 0 spiro atoms. The standard InChI is InChI=1S/C10H13N3O/c14-10(9-4-2-6-12-9)13-8-3-1-5-11-7-8/h1,3,5,7,9,12H,2,4,6H2,(H,13,14)/t9-/m0/s1. The lowest BCUT2D eigenvalue weighted by atomic mass is 10.2. The van der Waals surface area contributed by atoms with Gasteiger partial charge in [-0.2, -0.15) is 0 Å². The predicted molar refractivity (Wildman–Crippen MR) is 53.9 cm³/mol. The van der Waals surface area contributed by atoms with Crippen LogP contribution >= 0.6 is 0 Å². The number of carbonyl (C=O) groups excluding carboxylic acids is 1. The average Bonchev–Trinajstić information content (AvgIpc) is 2.72. The van der Waals surface area contributed by atoms with Gasteiger partial charge in [-0.05, 0) is 31.5 Å². The van der Waals surface area contributed by atoms with Gasteiger partial charge in [0.05, 0.1) is 17.9 Å². The lowest BCUT2D eigenvalue weighted by Gasteiger charge is -2.10. The van der Waals surface area contributed by atoms with Gasteiger partial charge < -0.3 is 10.6 Å². The van der Waals surface area contributed by atoms with Crippen molar-refractivity contribution in [1.29, 1.82) is 0 Å². The quantitative estimate of drug-likeness (QED) is 0.726. The Morgan fingerprint density at radius 1 is 1.64 bits per heavy atom. The minimum absolute atomic E-state index is 0.0322. The molecular formula is C10H13N3O. The molecule has 1 amide bonds. The molecule has 0 bridgehead atoms. The molecular weight excluding hydrogens is 178 g/mol. The molecule has 0 unspecified atom stereocenters. The van der Waals surface area contributed by atoms with Crippen molar-refractivity contribution in [1.82, 2.24) is 10.3 Å². The molecule has 0 saturated carbocycles. The van der Waals surface area contributed by atoms with Crippen LogP contribution in [0.5, 0.6) is 0 Å². The molecule has 1 atom stereocenters. The highest BCUT2D eigenvalue weighted by Crippen LogP contribution is 2.09. The third-order valence-corrected chi connectivity index (χ3v) is 2.31. The van der Waals surface area contributed by atoms with Gasteiger partial charge >= 0.3 is 0 Å². The molecule has 1 fully saturated rings. The lowest BCUT2D eigenvalue weighted by molar-refractivity contribution is -0.117. The third kappa shape index (κ3) is 2.09. The molecule has 0 aromatic carbocycles. The Hall–Kier alpha value is -1.42. The number of hydrogen-bond acceptors (Lipinski definition) is 3. The van der Waals surface area contributed by atoms with E-state index < -0.39 is 0 Å². The molecule has 4 nitrogen and oxygen atoms in total. The molecule has 2 heterocycles. The number of nitrogens with zero attached hydrogens (tertiary/aromatic N) is 1. The fourth-order valence-electron chi connectivity index (χ4n) is 1.57. The number of anilines is 1. The maximum atomic E-state index is 11.6. The highest BCUT2D eigenvalue weighted by atomic mass is 16.2. The van der Waals surface area contributed by atoms with Crippen LogP contribution in [-0.2, 0) is 4.79 Å². The summed E-state index contributed by atoms with van der Waals surface area (Å²) >= 11 is 0. The van der Waals surface area contributed by atoms with Crippen molar-refractivity contribution >= 4 is 11.6 Å². The minimum Gasteiger partial charge on any atom is -0.323 e. The SMILES string of the molecule is O=C(Nc1cccnc1)[C@@H]1CCCN1. The summed E-state index contributed by atoms with van der Waals surface area (Å²) in [7, 11) is 0. The summed E-state index contributed by atoms with van der Waals surface area (Å²) in [6.07, 6.45) is 5.33. The molecule has 0 radical (unpaired) electrons. The first kappa shape index (κ1) is 9.15. The van der Waals surface area contributed by atoms with Crippen LogP contribution in [0.1, 0.15) is 12.8 Å². The molecule has 1 saturated heterocycles. The molecule has 1 aliphatic rings. The van der Waals surface area contributed by atoms with Gasteiger partial charge in [-0.1, -0.05) is 0 Å². The highest BCUT2D eigenvalue weighted by molar-refractivity contribution is 5.94. The van der Waals surface area contributed by atoms with Gasteiger partial charge in [0.2, 0.25) is 5.91 Å². The fourth-order valence-corrected chi connectivity index (χ4v) is 1.57. The Labute approximate surface area is 82.7 Å². The summed E-state index contributed by atoms with van der Waals surface area (Å²) in [4.78, 5) is 15.5. The van der Waals surface area contributed by atoms with E-state index in [1.54, 1.807) is 18.5 Å². The summed E-state index contributed by atoms with van der Waals surface area (Å²) in [5.41, 5.74) is 0.756. The van der Waals surface area contributed by atoms with Crippen molar-refractivity contribution in [2.24, 2.45) is 0 Å². The van der Waals surface area contributed by atoms with E-state index in [1.807, 2.05) is 6.07 Å². The molecule has 1 aromatic rings. The Balaban J connectivity index is 1.94. The smallest absolute Gasteiger partial charge is 0.241 e. The van der Waals surface area contributed by atoms with Gasteiger partial charge in [-0.3, -0.25) is 9.78 Å². The first-order chi connectivity index (χ1) is 6.86. The number of rotatable bonds is 2. The van der Waals surface area contributed by atoms with Crippen LogP contribution in [0.2, 0.25) is 0 Å². The second kappa shape index (κ2) is 4.19. The van der Waals surface area contributed by atoms with Crippen LogP contribution in [0.3, 0.4) is 0 Å². The van der Waals surface area contributed by atoms with Crippen LogP contribution < -0.4 is 10.6 Å². The van der Waals surface area contributed by atoms with Crippen molar-refractivity contribution in [3.05, 3.63) is 24.5 Å². The van der Waals surface area contributed by atoms with Crippen molar-refractivity contribution in [2.45, 2.75) is 18.9 Å². The highest BCUT2D eigenvalue weighted by Gasteiger charge is 2.21. The molecule has 74 valence electrons. The summed E-state index contributed by atoms with van der Waals surface area (Å²) < 4.78 is 0. The molecule has 2 rings (SSSR count). The van der Waals surface area contributed by atoms with Crippen LogP contribution in [-0.4, -0.2) is 23.5 Å². The Morgan fingerprint density at radius 2 is 2.57 bits per heavy atom. The van der Waals surface area contributed by atoms with Crippen LogP contribution in [0.4, 0.5) is 5.69 Å². The van der Waals surface area contributed by atoms with Crippen molar-refractivity contribution in [2.75, 3.05) is 11.9 Å². The monoisotopic (exact) mass is 191 g/mol. The zero-order valence-corrected chi connectivity index (χ0v) is 7.86. The zero-order valence-electron chi connectivity index (χ0n) is 7.86. The largest absolute Gasteiger partial charge is 0.323 e. The van der Waals surface area contributed by atoms with Gasteiger partial charge in [-0.15, -0.1) is 0 Å². The van der Waals surface area contributed by atoms with Gasteiger partial charge in [0, 0.05) is 6.20 Å². The fraction of sp³-hybridized carbons (Fsp3) is 0.400. The lowest BCUT2D eigenvalue weighted by Crippen LogP contribution is -2.35. The molecule has 1 aromatic heterocycles. The zero-order chi connectivity index (χ0) is 9.80. The number of nitrogens with one attached hydrogen (secondary N) is 2. The van der Waals surface area contributed by atoms with Gasteiger partial charge in [0.1, 0.15) is 0 Å². The van der Waals surface area contributed by atoms with Crippen molar-refractivity contribution in [3.8, 4) is 0 Å². The van der Waals surface area contributed by atoms with Gasteiger partial charge in [0.15, 0.2) is 0 Å². The maximum absolute atomic E-state index is 11.6. The van der Waals surface area contributed by atoms with E-state index >= 15 is 0 Å². The minimum atomic E-state index is -0.0322.